The van der Waals surface area contributed by atoms with Crippen LogP contribution in [0.5, 0.6) is 0 Å². The zero-order valence-electron chi connectivity index (χ0n) is 14.0. The number of sulfone groups is 1. The highest BCUT2D eigenvalue weighted by Gasteiger charge is 2.49. The van der Waals surface area contributed by atoms with Gasteiger partial charge in [0.25, 0.3) is 0 Å². The molecule has 2 aliphatic rings. The second-order valence-corrected chi connectivity index (χ2v) is 9.69. The summed E-state index contributed by atoms with van der Waals surface area (Å²) in [6.07, 6.45) is 0.956. The van der Waals surface area contributed by atoms with Crippen molar-refractivity contribution in [2.75, 3.05) is 29.5 Å². The second kappa shape index (κ2) is 6.65. The fraction of sp³-hybridized carbons (Fsp3) is 0.588. The van der Waals surface area contributed by atoms with Gasteiger partial charge in [0.15, 0.2) is 9.84 Å². The minimum Gasteiger partial charge on any atom is -0.306 e. The summed E-state index contributed by atoms with van der Waals surface area (Å²) in [6, 6.07) is 6.59. The summed E-state index contributed by atoms with van der Waals surface area (Å²) in [7, 11) is -3.13. The summed E-state index contributed by atoms with van der Waals surface area (Å²) in [5, 5.41) is 0.595. The number of anilines is 1. The van der Waals surface area contributed by atoms with Crippen LogP contribution in [0.25, 0.3) is 0 Å². The molecule has 0 aliphatic carbocycles. The predicted molar refractivity (Wildman–Crippen MR) is 96.2 cm³/mol. The number of hydrogen-bond donors (Lipinski definition) is 0. The molecule has 3 rings (SSSR count). The number of piperazine rings is 1. The third kappa shape index (κ3) is 3.60. The van der Waals surface area contributed by atoms with E-state index in [2.05, 4.69) is 18.7 Å². The molecule has 0 N–H and O–H groups in total. The maximum Gasteiger partial charge on any atom is 0.241 e. The van der Waals surface area contributed by atoms with Gasteiger partial charge in [-0.2, -0.15) is 0 Å². The first-order valence-electron chi connectivity index (χ1n) is 8.29. The number of hydrogen-bond acceptors (Lipinski definition) is 4. The molecule has 2 fully saturated rings. The van der Waals surface area contributed by atoms with Crippen molar-refractivity contribution in [2.45, 2.75) is 32.4 Å². The van der Waals surface area contributed by atoms with E-state index in [0.29, 0.717) is 10.9 Å². The van der Waals surface area contributed by atoms with Gasteiger partial charge in [-0.1, -0.05) is 25.4 Å². The van der Waals surface area contributed by atoms with Crippen LogP contribution in [0.15, 0.2) is 24.3 Å². The largest absolute Gasteiger partial charge is 0.306 e. The molecule has 2 atom stereocenters. The van der Waals surface area contributed by atoms with E-state index in [1.807, 2.05) is 0 Å². The molecule has 1 aromatic carbocycles. The summed E-state index contributed by atoms with van der Waals surface area (Å²) in [5.74, 6) is 0.641. The van der Waals surface area contributed by atoms with E-state index in [9.17, 15) is 13.2 Å². The van der Waals surface area contributed by atoms with Crippen molar-refractivity contribution >= 4 is 33.0 Å². The van der Waals surface area contributed by atoms with E-state index < -0.39 is 9.84 Å². The Morgan fingerprint density at radius 2 is 1.79 bits per heavy atom. The van der Waals surface area contributed by atoms with Crippen LogP contribution in [-0.4, -0.2) is 55.9 Å². The highest BCUT2D eigenvalue weighted by Crippen LogP contribution is 2.32. The number of halogens is 1. The molecule has 0 aromatic heterocycles. The number of fused-ring (bicyclic) bond motifs is 1. The van der Waals surface area contributed by atoms with Gasteiger partial charge in [-0.05, 0) is 43.1 Å². The molecule has 0 saturated carbocycles. The summed E-state index contributed by atoms with van der Waals surface area (Å²) in [5.41, 5.74) is 0.722. The quantitative estimate of drug-likeness (QED) is 0.815. The van der Waals surface area contributed by atoms with Crippen LogP contribution in [0.4, 0.5) is 5.69 Å². The predicted octanol–water partition coefficient (Wildman–Crippen LogP) is 2.20. The molecular formula is C17H23ClN2O3S. The molecule has 7 heteroatoms. The van der Waals surface area contributed by atoms with E-state index in [0.717, 1.165) is 18.7 Å². The molecule has 5 nitrogen and oxygen atoms in total. The molecule has 0 spiro atoms. The van der Waals surface area contributed by atoms with Crippen molar-refractivity contribution in [1.29, 1.82) is 0 Å². The smallest absolute Gasteiger partial charge is 0.241 e. The minimum atomic E-state index is -3.13. The van der Waals surface area contributed by atoms with Crippen LogP contribution in [0.1, 0.15) is 20.3 Å². The third-order valence-corrected chi connectivity index (χ3v) is 6.75. The van der Waals surface area contributed by atoms with Gasteiger partial charge in [-0.15, -0.1) is 0 Å². The van der Waals surface area contributed by atoms with Gasteiger partial charge in [-0.3, -0.25) is 9.69 Å². The lowest BCUT2D eigenvalue weighted by Gasteiger charge is -2.43. The van der Waals surface area contributed by atoms with Crippen LogP contribution < -0.4 is 4.90 Å². The first-order valence-corrected chi connectivity index (χ1v) is 10.5. The van der Waals surface area contributed by atoms with Gasteiger partial charge in [-0.25, -0.2) is 8.42 Å². The summed E-state index contributed by atoms with van der Waals surface area (Å²) >= 11 is 5.93. The minimum absolute atomic E-state index is 0.0320. The molecule has 0 bridgehead atoms. The normalized spacial score (nSPS) is 26.8. The van der Waals surface area contributed by atoms with Crippen LogP contribution >= 0.6 is 11.6 Å². The maximum atomic E-state index is 12.7. The molecule has 2 saturated heterocycles. The van der Waals surface area contributed by atoms with E-state index >= 15 is 0 Å². The van der Waals surface area contributed by atoms with Crippen molar-refractivity contribution in [2.24, 2.45) is 5.92 Å². The number of amides is 1. The molecule has 2 heterocycles. The molecule has 2 unspecified atom stereocenters. The monoisotopic (exact) mass is 370 g/mol. The number of benzene rings is 1. The van der Waals surface area contributed by atoms with E-state index in [1.165, 1.54) is 0 Å². The topological polar surface area (TPSA) is 57.7 Å². The Hall–Kier alpha value is -1.11. The molecule has 2 aliphatic heterocycles. The third-order valence-electron chi connectivity index (χ3n) is 4.80. The van der Waals surface area contributed by atoms with Crippen molar-refractivity contribution in [1.82, 2.24) is 4.90 Å². The lowest BCUT2D eigenvalue weighted by Crippen LogP contribution is -2.62. The van der Waals surface area contributed by atoms with Gasteiger partial charge in [0, 0.05) is 16.8 Å². The van der Waals surface area contributed by atoms with Crippen molar-refractivity contribution in [3.05, 3.63) is 29.3 Å². The fourth-order valence-corrected chi connectivity index (χ4v) is 5.67. The Morgan fingerprint density at radius 3 is 2.42 bits per heavy atom. The van der Waals surface area contributed by atoms with Gasteiger partial charge < -0.3 is 4.90 Å². The van der Waals surface area contributed by atoms with Crippen molar-refractivity contribution in [3.8, 4) is 0 Å². The number of rotatable bonds is 4. The number of nitrogens with zero attached hydrogens (tertiary/aromatic N) is 2. The highest BCUT2D eigenvalue weighted by atomic mass is 35.5. The fourth-order valence-electron chi connectivity index (χ4n) is 3.56. The van der Waals surface area contributed by atoms with Crippen LogP contribution in [0, 0.1) is 5.92 Å². The molecule has 24 heavy (non-hydrogen) atoms. The maximum absolute atomic E-state index is 12.7. The van der Waals surface area contributed by atoms with E-state index in [-0.39, 0.29) is 36.0 Å². The molecule has 0 radical (unpaired) electrons. The summed E-state index contributed by atoms with van der Waals surface area (Å²) in [6.45, 7) is 5.30. The Balaban J connectivity index is 1.90. The van der Waals surface area contributed by atoms with Crippen molar-refractivity contribution < 1.29 is 13.2 Å². The Kier molecular flexibility index (Phi) is 4.91. The zero-order chi connectivity index (χ0) is 17.5. The Labute approximate surface area is 148 Å². The van der Waals surface area contributed by atoms with Crippen LogP contribution in [-0.2, 0) is 14.6 Å². The molecule has 1 aromatic rings. The van der Waals surface area contributed by atoms with E-state index in [4.69, 9.17) is 11.6 Å². The van der Waals surface area contributed by atoms with Gasteiger partial charge in [0.05, 0.1) is 24.1 Å². The molecular weight excluding hydrogens is 348 g/mol. The SMILES string of the molecule is CC(C)CCN1CC(=O)N(c2ccc(Cl)cc2)C2CS(=O)(=O)CC21. The molecule has 1 amide bonds. The standard InChI is InChI=1S/C17H23ClN2O3S/c1-12(2)7-8-19-9-17(21)20(14-5-3-13(18)4-6-14)16-11-24(22,23)10-15(16)19/h3-6,12,15-16H,7-11H2,1-2H3. The lowest BCUT2D eigenvalue weighted by atomic mass is 10.0. The lowest BCUT2D eigenvalue weighted by molar-refractivity contribution is -0.123. The highest BCUT2D eigenvalue weighted by molar-refractivity contribution is 7.91. The average Bonchev–Trinajstić information content (AvgIpc) is 2.81. The van der Waals surface area contributed by atoms with Gasteiger partial charge in [0.2, 0.25) is 5.91 Å². The van der Waals surface area contributed by atoms with Gasteiger partial charge >= 0.3 is 0 Å². The number of carbonyl (C=O) groups is 1. The van der Waals surface area contributed by atoms with E-state index in [1.54, 1.807) is 29.2 Å². The average molecular weight is 371 g/mol. The first kappa shape index (κ1) is 17.7. The summed E-state index contributed by atoms with van der Waals surface area (Å²) < 4.78 is 24.5. The van der Waals surface area contributed by atoms with Gasteiger partial charge in [0.1, 0.15) is 0 Å². The molecule has 132 valence electrons. The first-order chi connectivity index (χ1) is 11.3. The Bertz CT molecular complexity index is 718. The summed E-state index contributed by atoms with van der Waals surface area (Å²) in [4.78, 5) is 16.5. The zero-order valence-corrected chi connectivity index (χ0v) is 15.6. The van der Waals surface area contributed by atoms with Crippen LogP contribution in [0.2, 0.25) is 5.02 Å². The second-order valence-electron chi connectivity index (χ2n) is 7.10. The van der Waals surface area contributed by atoms with Crippen molar-refractivity contribution in [3.63, 3.8) is 0 Å². The van der Waals surface area contributed by atoms with Crippen LogP contribution in [0.3, 0.4) is 0 Å². The Morgan fingerprint density at radius 1 is 1.17 bits per heavy atom. The number of carbonyl (C=O) groups excluding carboxylic acids is 1.